The number of carbonyl (C=O) groups is 2. The van der Waals surface area contributed by atoms with E-state index in [1.54, 1.807) is 15.8 Å². The molecular weight excluding hydrogens is 232 g/mol. The average molecular weight is 250 g/mol. The fraction of sp³-hybridized carbons (Fsp3) is 0.583. The smallest absolute Gasteiger partial charge is 0.224 e. The number of amides is 2. The van der Waals surface area contributed by atoms with Gasteiger partial charge in [-0.3, -0.25) is 14.3 Å². The highest BCUT2D eigenvalue weighted by Gasteiger charge is 2.26. The van der Waals surface area contributed by atoms with Crippen LogP contribution in [0.15, 0.2) is 18.5 Å². The zero-order valence-corrected chi connectivity index (χ0v) is 10.3. The van der Waals surface area contributed by atoms with Crippen LogP contribution in [-0.2, 0) is 16.1 Å². The van der Waals surface area contributed by atoms with E-state index >= 15 is 0 Å². The van der Waals surface area contributed by atoms with E-state index in [1.807, 2.05) is 12.3 Å². The van der Waals surface area contributed by atoms with E-state index < -0.39 is 0 Å². The van der Waals surface area contributed by atoms with E-state index in [4.69, 9.17) is 5.73 Å². The Balaban J connectivity index is 1.83. The van der Waals surface area contributed by atoms with E-state index in [0.29, 0.717) is 19.5 Å². The molecule has 1 atom stereocenters. The molecule has 0 aromatic carbocycles. The van der Waals surface area contributed by atoms with Crippen molar-refractivity contribution in [3.05, 3.63) is 18.5 Å². The maximum atomic E-state index is 12.0. The molecule has 2 N–H and O–H groups in total. The van der Waals surface area contributed by atoms with Crippen LogP contribution in [0.1, 0.15) is 19.3 Å². The fourth-order valence-electron chi connectivity index (χ4n) is 2.24. The molecule has 0 bridgehead atoms. The summed E-state index contributed by atoms with van der Waals surface area (Å²) >= 11 is 0. The van der Waals surface area contributed by atoms with Gasteiger partial charge in [-0.2, -0.15) is 5.10 Å². The quantitative estimate of drug-likeness (QED) is 0.816. The molecule has 0 radical (unpaired) electrons. The Morgan fingerprint density at radius 2 is 2.28 bits per heavy atom. The molecule has 1 fully saturated rings. The van der Waals surface area contributed by atoms with Crippen LogP contribution in [0, 0.1) is 5.92 Å². The van der Waals surface area contributed by atoms with Gasteiger partial charge in [0.15, 0.2) is 0 Å². The van der Waals surface area contributed by atoms with Crippen LogP contribution in [0.3, 0.4) is 0 Å². The molecule has 1 aliphatic heterocycles. The Kier molecular flexibility index (Phi) is 3.96. The van der Waals surface area contributed by atoms with Gasteiger partial charge in [0.2, 0.25) is 11.8 Å². The van der Waals surface area contributed by atoms with Crippen LogP contribution >= 0.6 is 0 Å². The third-order valence-corrected chi connectivity index (χ3v) is 3.29. The topological polar surface area (TPSA) is 81.2 Å². The summed E-state index contributed by atoms with van der Waals surface area (Å²) in [4.78, 5) is 24.9. The second-order valence-corrected chi connectivity index (χ2v) is 4.60. The van der Waals surface area contributed by atoms with Crippen molar-refractivity contribution in [3.63, 3.8) is 0 Å². The van der Waals surface area contributed by atoms with Gasteiger partial charge in [-0.1, -0.05) is 0 Å². The first-order chi connectivity index (χ1) is 8.66. The zero-order chi connectivity index (χ0) is 13.0. The van der Waals surface area contributed by atoms with Crippen molar-refractivity contribution in [1.29, 1.82) is 0 Å². The monoisotopic (exact) mass is 250 g/mol. The largest absolute Gasteiger partial charge is 0.369 e. The minimum Gasteiger partial charge on any atom is -0.369 e. The number of likely N-dealkylation sites (tertiary alicyclic amines) is 1. The number of nitrogens with zero attached hydrogens (tertiary/aromatic N) is 3. The predicted octanol–water partition coefficient (Wildman–Crippen LogP) is -0.00290. The summed E-state index contributed by atoms with van der Waals surface area (Å²) in [7, 11) is 0. The van der Waals surface area contributed by atoms with Crippen molar-refractivity contribution in [1.82, 2.24) is 14.7 Å². The molecule has 2 amide bonds. The molecule has 6 nitrogen and oxygen atoms in total. The minimum absolute atomic E-state index is 0.0662. The lowest BCUT2D eigenvalue weighted by molar-refractivity contribution is -0.135. The van der Waals surface area contributed by atoms with E-state index in [2.05, 4.69) is 5.10 Å². The SMILES string of the molecule is NC(=O)C1CCCN(C(=O)CCn2cccn2)C1. The normalized spacial score (nSPS) is 19.8. The highest BCUT2D eigenvalue weighted by molar-refractivity contribution is 5.80. The number of carbonyl (C=O) groups excluding carboxylic acids is 2. The number of hydrogen-bond donors (Lipinski definition) is 1. The molecule has 1 unspecified atom stereocenters. The van der Waals surface area contributed by atoms with Crippen LogP contribution in [0.4, 0.5) is 0 Å². The molecule has 0 saturated carbocycles. The number of hydrogen-bond acceptors (Lipinski definition) is 3. The van der Waals surface area contributed by atoms with Gasteiger partial charge in [-0.15, -0.1) is 0 Å². The molecule has 1 aromatic rings. The molecule has 2 heterocycles. The Bertz CT molecular complexity index is 416. The lowest BCUT2D eigenvalue weighted by Gasteiger charge is -2.31. The van der Waals surface area contributed by atoms with Gasteiger partial charge in [-0.25, -0.2) is 0 Å². The van der Waals surface area contributed by atoms with E-state index in [0.717, 1.165) is 19.4 Å². The van der Waals surface area contributed by atoms with Crippen molar-refractivity contribution in [2.45, 2.75) is 25.8 Å². The number of piperidine rings is 1. The van der Waals surface area contributed by atoms with E-state index in [9.17, 15) is 9.59 Å². The van der Waals surface area contributed by atoms with Crippen molar-refractivity contribution >= 4 is 11.8 Å². The Hall–Kier alpha value is -1.85. The van der Waals surface area contributed by atoms with Crippen LogP contribution < -0.4 is 5.73 Å². The average Bonchev–Trinajstić information content (AvgIpc) is 2.89. The highest BCUT2D eigenvalue weighted by Crippen LogP contribution is 2.16. The van der Waals surface area contributed by atoms with E-state index in [-0.39, 0.29) is 17.7 Å². The predicted molar refractivity (Wildman–Crippen MR) is 65.3 cm³/mol. The Morgan fingerprint density at radius 3 is 2.94 bits per heavy atom. The van der Waals surface area contributed by atoms with Gasteiger partial charge in [0, 0.05) is 38.4 Å². The second kappa shape index (κ2) is 5.66. The molecule has 0 aliphatic carbocycles. The Labute approximate surface area is 106 Å². The summed E-state index contributed by atoms with van der Waals surface area (Å²) in [5.74, 6) is -0.427. The second-order valence-electron chi connectivity index (χ2n) is 4.60. The fourth-order valence-corrected chi connectivity index (χ4v) is 2.24. The molecule has 0 spiro atoms. The summed E-state index contributed by atoms with van der Waals surface area (Å²) in [5.41, 5.74) is 5.29. The van der Waals surface area contributed by atoms with Crippen molar-refractivity contribution in [2.75, 3.05) is 13.1 Å². The molecule has 2 rings (SSSR count). The number of rotatable bonds is 4. The lowest BCUT2D eigenvalue weighted by Crippen LogP contribution is -2.44. The zero-order valence-electron chi connectivity index (χ0n) is 10.3. The summed E-state index contributed by atoms with van der Waals surface area (Å²) in [6.07, 6.45) is 5.57. The molecule has 1 aromatic heterocycles. The third-order valence-electron chi connectivity index (χ3n) is 3.29. The molecule has 6 heteroatoms. The number of nitrogens with two attached hydrogens (primary N) is 1. The Morgan fingerprint density at radius 1 is 1.44 bits per heavy atom. The maximum absolute atomic E-state index is 12.0. The van der Waals surface area contributed by atoms with E-state index in [1.165, 1.54) is 0 Å². The van der Waals surface area contributed by atoms with Gasteiger partial charge >= 0.3 is 0 Å². The first kappa shape index (κ1) is 12.6. The summed E-state index contributed by atoms with van der Waals surface area (Å²) < 4.78 is 1.73. The number of aromatic nitrogens is 2. The lowest BCUT2D eigenvalue weighted by atomic mass is 9.97. The minimum atomic E-state index is -0.306. The van der Waals surface area contributed by atoms with Crippen molar-refractivity contribution in [3.8, 4) is 0 Å². The summed E-state index contributed by atoms with van der Waals surface area (Å²) in [5, 5.41) is 4.05. The van der Waals surface area contributed by atoms with Gasteiger partial charge in [0.25, 0.3) is 0 Å². The van der Waals surface area contributed by atoms with Crippen molar-refractivity contribution < 1.29 is 9.59 Å². The van der Waals surface area contributed by atoms with Crippen LogP contribution in [0.25, 0.3) is 0 Å². The number of primary amides is 1. The first-order valence-corrected chi connectivity index (χ1v) is 6.21. The standard InChI is InChI=1S/C12H18N4O2/c13-12(18)10-3-1-6-15(9-10)11(17)4-8-16-7-2-5-14-16/h2,5,7,10H,1,3-4,6,8-9H2,(H2,13,18). The molecule has 98 valence electrons. The summed E-state index contributed by atoms with van der Waals surface area (Å²) in [6, 6.07) is 1.83. The highest BCUT2D eigenvalue weighted by atomic mass is 16.2. The molecule has 1 saturated heterocycles. The van der Waals surface area contributed by atoms with Crippen molar-refractivity contribution in [2.24, 2.45) is 11.7 Å². The molecular formula is C12H18N4O2. The maximum Gasteiger partial charge on any atom is 0.224 e. The third kappa shape index (κ3) is 3.09. The number of aryl methyl sites for hydroxylation is 1. The summed E-state index contributed by atoms with van der Waals surface area (Å²) in [6.45, 7) is 1.76. The van der Waals surface area contributed by atoms with Crippen LogP contribution in [-0.4, -0.2) is 39.6 Å². The van der Waals surface area contributed by atoms with Gasteiger partial charge in [0.1, 0.15) is 0 Å². The first-order valence-electron chi connectivity index (χ1n) is 6.21. The van der Waals surface area contributed by atoms with Gasteiger partial charge in [-0.05, 0) is 18.9 Å². The van der Waals surface area contributed by atoms with Gasteiger partial charge < -0.3 is 10.6 Å². The van der Waals surface area contributed by atoms with Crippen LogP contribution in [0.2, 0.25) is 0 Å². The van der Waals surface area contributed by atoms with Crippen LogP contribution in [0.5, 0.6) is 0 Å². The molecule has 1 aliphatic rings. The van der Waals surface area contributed by atoms with Gasteiger partial charge in [0.05, 0.1) is 5.92 Å². The molecule has 18 heavy (non-hydrogen) atoms.